The predicted molar refractivity (Wildman–Crippen MR) is 137 cm³/mol. The Hall–Kier alpha value is -0.0162. The van der Waals surface area contributed by atoms with E-state index in [0.717, 1.165) is 32.5 Å². The second-order valence-corrected chi connectivity index (χ2v) is 24.9. The predicted octanol–water partition coefficient (Wildman–Crippen LogP) is 6.55. The van der Waals surface area contributed by atoms with Crippen LogP contribution in [0.1, 0.15) is 80.1 Å². The van der Waals surface area contributed by atoms with E-state index in [0.29, 0.717) is 32.9 Å². The van der Waals surface area contributed by atoms with E-state index in [-0.39, 0.29) is 5.41 Å². The third kappa shape index (κ3) is 4.60. The van der Waals surface area contributed by atoms with Crippen LogP contribution in [0.25, 0.3) is 0 Å². The van der Waals surface area contributed by atoms with Gasteiger partial charge in [-0.15, -0.1) is 0 Å². The van der Waals surface area contributed by atoms with Gasteiger partial charge >= 0.3 is 0 Å². The summed E-state index contributed by atoms with van der Waals surface area (Å²) in [6.45, 7) is 25.1. The van der Waals surface area contributed by atoms with E-state index in [1.807, 2.05) is 0 Å². The van der Waals surface area contributed by atoms with Gasteiger partial charge in [0.2, 0.25) is 0 Å². The maximum Gasteiger partial charge on any atom is 0.192 e. The molecule has 0 radical (unpaired) electrons. The highest BCUT2D eigenvalue weighted by Crippen LogP contribution is 2.73. The lowest BCUT2D eigenvalue weighted by molar-refractivity contribution is -0.237. The molecule has 0 spiro atoms. The molecule has 0 atom stereocenters. The second-order valence-electron chi connectivity index (χ2n) is 15.3. The maximum atomic E-state index is 10.8. The monoisotopic (exact) mass is 482 g/mol. The summed E-state index contributed by atoms with van der Waals surface area (Å²) < 4.78 is 12.5. The first kappa shape index (κ1) is 26.6. The van der Waals surface area contributed by atoms with E-state index in [2.05, 4.69) is 67.7 Å². The first-order chi connectivity index (χ1) is 14.3. The fraction of sp³-hybridized carbons (Fsp3) is 0.962. The van der Waals surface area contributed by atoms with Crippen molar-refractivity contribution in [3.05, 3.63) is 0 Å². The van der Waals surface area contributed by atoms with Crippen LogP contribution in [0.2, 0.25) is 36.3 Å². The minimum atomic E-state index is -1.60. The number of carbonyl (C=O) groups excluding carboxylic acids is 1. The molecule has 0 amide bonds. The van der Waals surface area contributed by atoms with Crippen LogP contribution in [0.15, 0.2) is 0 Å². The third-order valence-electron chi connectivity index (χ3n) is 10.1. The van der Waals surface area contributed by atoms with Crippen LogP contribution in [-0.4, -0.2) is 47.8 Å². The average Bonchev–Trinajstić information content (AvgIpc) is 2.48. The molecule has 1 N–H and O–H groups in total. The highest BCUT2D eigenvalue weighted by atomic mass is 28.4. The van der Waals surface area contributed by atoms with Crippen LogP contribution in [0, 0.1) is 21.7 Å². The molecular formula is C26H50O4Si2. The summed E-state index contributed by atoms with van der Waals surface area (Å²) in [5.74, 6) is 0. The molecule has 0 saturated heterocycles. The molecule has 0 aromatic carbocycles. The summed E-state index contributed by atoms with van der Waals surface area (Å²) >= 11 is 0. The van der Waals surface area contributed by atoms with Crippen molar-refractivity contribution >= 4 is 22.9 Å². The van der Waals surface area contributed by atoms with E-state index in [1.165, 1.54) is 25.5 Å². The smallest absolute Gasteiger partial charge is 0.192 e. The quantitative estimate of drug-likeness (QED) is 0.315. The summed E-state index contributed by atoms with van der Waals surface area (Å²) in [5, 5.41) is 9.82. The van der Waals surface area contributed by atoms with E-state index >= 15 is 0 Å². The molecule has 4 nitrogen and oxygen atoms in total. The number of aliphatic hydroxyl groups is 1. The number of rotatable bonds is 8. The normalized spacial score (nSPS) is 37.7. The van der Waals surface area contributed by atoms with Crippen molar-refractivity contribution in [2.45, 2.75) is 116 Å². The highest BCUT2D eigenvalue weighted by Gasteiger charge is 2.68. The topological polar surface area (TPSA) is 55.8 Å². The summed E-state index contributed by atoms with van der Waals surface area (Å²) in [6, 6.07) is 0. The molecule has 186 valence electrons. The molecular weight excluding hydrogens is 432 g/mol. The summed E-state index contributed by atoms with van der Waals surface area (Å²) in [5.41, 5.74) is 1.24. The molecule has 6 rings (SSSR count). The van der Waals surface area contributed by atoms with Crippen molar-refractivity contribution in [3.63, 3.8) is 0 Å². The lowest BCUT2D eigenvalue weighted by Gasteiger charge is -2.70. The van der Waals surface area contributed by atoms with Gasteiger partial charge in [0.1, 0.15) is 6.29 Å². The van der Waals surface area contributed by atoms with Crippen molar-refractivity contribution in [1.29, 1.82) is 0 Å². The Morgan fingerprint density at radius 3 is 1.34 bits per heavy atom. The number of aldehydes is 1. The first-order valence-electron chi connectivity index (χ1n) is 12.6. The molecule has 6 heteroatoms. The zero-order chi connectivity index (χ0) is 24.5. The van der Waals surface area contributed by atoms with E-state index in [1.54, 1.807) is 0 Å². The van der Waals surface area contributed by atoms with Gasteiger partial charge in [0.05, 0.1) is 0 Å². The van der Waals surface area contributed by atoms with Crippen molar-refractivity contribution in [2.75, 3.05) is 19.8 Å². The lowest BCUT2D eigenvalue weighted by atomic mass is 9.36. The SMILES string of the molecule is CC(C)(C)[Si](C)(C)OCC12CC(C=O)(C1)C2.CC(C)(C)[Si](C)(C)OCC12CC(CO)(C1)C2. The molecule has 0 unspecified atom stereocenters. The molecule has 6 aliphatic rings. The fourth-order valence-electron chi connectivity index (χ4n) is 6.02. The Morgan fingerprint density at radius 2 is 1.06 bits per heavy atom. The largest absolute Gasteiger partial charge is 0.416 e. The van der Waals surface area contributed by atoms with Crippen LogP contribution >= 0.6 is 0 Å². The molecule has 0 aromatic heterocycles. The molecule has 6 saturated carbocycles. The van der Waals surface area contributed by atoms with Crippen molar-refractivity contribution in [3.8, 4) is 0 Å². The van der Waals surface area contributed by atoms with Crippen LogP contribution in [0.4, 0.5) is 0 Å². The van der Waals surface area contributed by atoms with Gasteiger partial charge in [-0.05, 0) is 91.0 Å². The van der Waals surface area contributed by atoms with Gasteiger partial charge in [-0.2, -0.15) is 0 Å². The van der Waals surface area contributed by atoms with Gasteiger partial charge in [-0.3, -0.25) is 0 Å². The molecule has 6 aliphatic carbocycles. The van der Waals surface area contributed by atoms with Gasteiger partial charge < -0.3 is 18.8 Å². The third-order valence-corrected chi connectivity index (χ3v) is 19.1. The van der Waals surface area contributed by atoms with Crippen LogP contribution in [0.5, 0.6) is 0 Å². The standard InChI is InChI=1S/C13H26O2Si.C13H24O2Si/c2*1-11(2,3)16(4,5)15-10-13-6-12(7-13,8-13)9-14/h14H,6-10H2,1-5H3;9H,6-8,10H2,1-5H3. The number of hydrogen-bond acceptors (Lipinski definition) is 4. The Labute approximate surface area is 199 Å². The van der Waals surface area contributed by atoms with Crippen molar-refractivity contribution in [2.24, 2.45) is 21.7 Å². The van der Waals surface area contributed by atoms with Gasteiger partial charge in [0, 0.05) is 25.2 Å². The Kier molecular flexibility index (Phi) is 6.43. The lowest BCUT2D eigenvalue weighted by Crippen LogP contribution is -2.66. The van der Waals surface area contributed by atoms with Crippen LogP contribution < -0.4 is 0 Å². The zero-order valence-corrected chi connectivity index (χ0v) is 24.6. The summed E-state index contributed by atoms with van der Waals surface area (Å²) in [7, 11) is -3.16. The summed E-state index contributed by atoms with van der Waals surface area (Å²) in [6.07, 6.45) is 8.01. The number of aliphatic hydroxyl groups excluding tert-OH is 1. The molecule has 0 heterocycles. The Morgan fingerprint density at radius 1 is 0.719 bits per heavy atom. The van der Waals surface area contributed by atoms with Gasteiger partial charge in [-0.1, -0.05) is 41.5 Å². The van der Waals surface area contributed by atoms with Gasteiger partial charge in [0.25, 0.3) is 0 Å². The fourth-order valence-corrected chi connectivity index (χ4v) is 8.22. The number of carbonyl (C=O) groups is 1. The number of hydrogen-bond donors (Lipinski definition) is 1. The van der Waals surface area contributed by atoms with E-state index in [4.69, 9.17) is 8.85 Å². The minimum absolute atomic E-state index is 0.0801. The summed E-state index contributed by atoms with van der Waals surface area (Å²) in [4.78, 5) is 10.8. The van der Waals surface area contributed by atoms with Crippen LogP contribution in [0.3, 0.4) is 0 Å². The highest BCUT2D eigenvalue weighted by molar-refractivity contribution is 6.74. The molecule has 6 fully saturated rings. The minimum Gasteiger partial charge on any atom is -0.416 e. The van der Waals surface area contributed by atoms with Gasteiger partial charge in [-0.25, -0.2) is 0 Å². The second kappa shape index (κ2) is 7.74. The Bertz CT molecular complexity index is 690. The first-order valence-corrected chi connectivity index (χ1v) is 18.4. The molecule has 0 aliphatic heterocycles. The average molecular weight is 483 g/mol. The Balaban J connectivity index is 0.000000181. The van der Waals surface area contributed by atoms with Crippen LogP contribution in [-0.2, 0) is 13.6 Å². The van der Waals surface area contributed by atoms with E-state index < -0.39 is 16.6 Å². The molecule has 0 aromatic rings. The maximum absolute atomic E-state index is 10.8. The van der Waals surface area contributed by atoms with Crippen molar-refractivity contribution in [1.82, 2.24) is 0 Å². The molecule has 4 bridgehead atoms. The van der Waals surface area contributed by atoms with Gasteiger partial charge in [0.15, 0.2) is 16.6 Å². The van der Waals surface area contributed by atoms with E-state index in [9.17, 15) is 9.90 Å². The van der Waals surface area contributed by atoms with Crippen molar-refractivity contribution < 1.29 is 18.8 Å². The zero-order valence-electron chi connectivity index (χ0n) is 22.6. The molecule has 32 heavy (non-hydrogen) atoms.